The smallest absolute Gasteiger partial charge is 0.242 e. The quantitative estimate of drug-likeness (QED) is 0.411. The van der Waals surface area contributed by atoms with E-state index in [1.54, 1.807) is 38.0 Å². The molecule has 1 heterocycles. The Kier molecular flexibility index (Phi) is 10.5. The number of aryl methyl sites for hydroxylation is 1. The zero-order chi connectivity index (χ0) is 26.8. The van der Waals surface area contributed by atoms with E-state index in [1.807, 2.05) is 24.3 Å². The highest BCUT2D eigenvalue weighted by atomic mass is 32.2. The van der Waals surface area contributed by atoms with Crippen LogP contribution in [-0.4, -0.2) is 64.1 Å². The van der Waals surface area contributed by atoms with Gasteiger partial charge in [-0.1, -0.05) is 31.2 Å². The first-order chi connectivity index (χ1) is 17.7. The van der Waals surface area contributed by atoms with Gasteiger partial charge in [0, 0.05) is 32.7 Å². The Balaban J connectivity index is 1.68. The molecule has 1 aliphatic heterocycles. The van der Waals surface area contributed by atoms with E-state index in [1.165, 1.54) is 12.1 Å². The SMILES string of the molecule is CCNS(=O)(=O)c1ccc(CCC(=O)N(Cc2ccc(OC)cc2)[C@@H](C)C(=O)NC[C@@H]2CCCO2)cc1. The second-order valence-corrected chi connectivity index (χ2v) is 10.8. The zero-order valence-electron chi connectivity index (χ0n) is 21.7. The minimum absolute atomic E-state index is 0.0150. The van der Waals surface area contributed by atoms with E-state index in [0.29, 0.717) is 31.9 Å². The molecule has 1 aliphatic rings. The van der Waals surface area contributed by atoms with Gasteiger partial charge in [-0.05, 0) is 61.6 Å². The first kappa shape index (κ1) is 28.6. The van der Waals surface area contributed by atoms with Crippen LogP contribution < -0.4 is 14.8 Å². The number of sulfonamides is 1. The number of nitrogens with zero attached hydrogens (tertiary/aromatic N) is 1. The molecule has 2 aromatic carbocycles. The summed E-state index contributed by atoms with van der Waals surface area (Å²) in [5.41, 5.74) is 1.72. The van der Waals surface area contributed by atoms with Gasteiger partial charge in [-0.15, -0.1) is 0 Å². The van der Waals surface area contributed by atoms with Gasteiger partial charge < -0.3 is 19.7 Å². The van der Waals surface area contributed by atoms with Crippen LogP contribution in [0.1, 0.15) is 44.2 Å². The first-order valence-corrected chi connectivity index (χ1v) is 14.1. The number of ether oxygens (including phenoxy) is 2. The van der Waals surface area contributed by atoms with E-state index in [-0.39, 0.29) is 35.8 Å². The number of amides is 2. The maximum Gasteiger partial charge on any atom is 0.242 e. The minimum Gasteiger partial charge on any atom is -0.497 e. The number of rotatable bonds is 13. The second-order valence-electron chi connectivity index (χ2n) is 9.07. The fourth-order valence-electron chi connectivity index (χ4n) is 4.18. The summed E-state index contributed by atoms with van der Waals surface area (Å²) < 4.78 is 37.6. The minimum atomic E-state index is -3.53. The molecule has 202 valence electrons. The lowest BCUT2D eigenvalue weighted by atomic mass is 10.1. The molecule has 0 radical (unpaired) electrons. The van der Waals surface area contributed by atoms with Crippen LogP contribution in [0.25, 0.3) is 0 Å². The summed E-state index contributed by atoms with van der Waals surface area (Å²) in [5.74, 6) is 0.318. The Morgan fingerprint density at radius 3 is 2.38 bits per heavy atom. The molecule has 0 aromatic heterocycles. The third kappa shape index (κ3) is 8.28. The molecule has 0 bridgehead atoms. The fourth-order valence-corrected chi connectivity index (χ4v) is 5.22. The summed E-state index contributed by atoms with van der Waals surface area (Å²) in [7, 11) is -1.94. The van der Waals surface area contributed by atoms with Crippen molar-refractivity contribution in [3.8, 4) is 5.75 Å². The maximum atomic E-state index is 13.4. The molecule has 2 atom stereocenters. The van der Waals surface area contributed by atoms with Crippen LogP contribution in [0.2, 0.25) is 0 Å². The van der Waals surface area contributed by atoms with Gasteiger partial charge in [-0.3, -0.25) is 9.59 Å². The number of carbonyl (C=O) groups excluding carboxylic acids is 2. The van der Waals surface area contributed by atoms with Gasteiger partial charge in [0.15, 0.2) is 0 Å². The van der Waals surface area contributed by atoms with Crippen LogP contribution >= 0.6 is 0 Å². The van der Waals surface area contributed by atoms with Crippen LogP contribution in [0.5, 0.6) is 5.75 Å². The van der Waals surface area contributed by atoms with Crippen molar-refractivity contribution >= 4 is 21.8 Å². The number of carbonyl (C=O) groups is 2. The Morgan fingerprint density at radius 1 is 1.11 bits per heavy atom. The van der Waals surface area contributed by atoms with E-state index in [2.05, 4.69) is 10.0 Å². The Labute approximate surface area is 219 Å². The molecule has 0 saturated carbocycles. The molecule has 0 spiro atoms. The molecule has 10 heteroatoms. The van der Waals surface area contributed by atoms with Gasteiger partial charge in [0.1, 0.15) is 11.8 Å². The Hall–Kier alpha value is -2.95. The number of nitrogens with one attached hydrogen (secondary N) is 2. The van der Waals surface area contributed by atoms with Gasteiger partial charge in [-0.25, -0.2) is 13.1 Å². The lowest BCUT2D eigenvalue weighted by Crippen LogP contribution is -2.49. The normalized spacial score (nSPS) is 16.2. The summed E-state index contributed by atoms with van der Waals surface area (Å²) in [5, 5.41) is 2.93. The third-order valence-corrected chi connectivity index (χ3v) is 7.96. The second kappa shape index (κ2) is 13.6. The van der Waals surface area contributed by atoms with Gasteiger partial charge in [-0.2, -0.15) is 0 Å². The van der Waals surface area contributed by atoms with E-state index in [4.69, 9.17) is 9.47 Å². The Bertz CT molecular complexity index is 1130. The van der Waals surface area contributed by atoms with Crippen molar-refractivity contribution in [1.29, 1.82) is 0 Å². The summed E-state index contributed by atoms with van der Waals surface area (Å²) >= 11 is 0. The van der Waals surface area contributed by atoms with Crippen LogP contribution in [-0.2, 0) is 37.3 Å². The molecular formula is C27H37N3O6S. The molecule has 9 nitrogen and oxygen atoms in total. The lowest BCUT2D eigenvalue weighted by Gasteiger charge is -2.29. The molecular weight excluding hydrogens is 494 g/mol. The predicted molar refractivity (Wildman–Crippen MR) is 141 cm³/mol. The molecule has 37 heavy (non-hydrogen) atoms. The number of benzene rings is 2. The van der Waals surface area contributed by atoms with Crippen molar-refractivity contribution in [3.63, 3.8) is 0 Å². The van der Waals surface area contributed by atoms with Crippen LogP contribution in [0.4, 0.5) is 0 Å². The van der Waals surface area contributed by atoms with Crippen molar-refractivity contribution in [3.05, 3.63) is 59.7 Å². The Morgan fingerprint density at radius 2 is 1.78 bits per heavy atom. The summed E-state index contributed by atoms with van der Waals surface area (Å²) in [6, 6.07) is 13.2. The zero-order valence-corrected chi connectivity index (χ0v) is 22.6. The largest absolute Gasteiger partial charge is 0.497 e. The molecule has 3 rings (SSSR count). The predicted octanol–water partition coefficient (Wildman–Crippen LogP) is 2.64. The van der Waals surface area contributed by atoms with Gasteiger partial charge in [0.2, 0.25) is 21.8 Å². The number of methoxy groups -OCH3 is 1. The molecule has 1 fully saturated rings. The van der Waals surface area contributed by atoms with Gasteiger partial charge in [0.25, 0.3) is 0 Å². The lowest BCUT2D eigenvalue weighted by molar-refractivity contribution is -0.140. The van der Waals surface area contributed by atoms with E-state index in [0.717, 1.165) is 24.0 Å². The fraction of sp³-hybridized carbons (Fsp3) is 0.481. The van der Waals surface area contributed by atoms with E-state index in [9.17, 15) is 18.0 Å². The van der Waals surface area contributed by atoms with Gasteiger partial charge >= 0.3 is 0 Å². The monoisotopic (exact) mass is 531 g/mol. The van der Waals surface area contributed by atoms with Crippen molar-refractivity contribution in [2.75, 3.05) is 26.8 Å². The highest BCUT2D eigenvalue weighted by Crippen LogP contribution is 2.18. The van der Waals surface area contributed by atoms with Crippen LogP contribution in [0.3, 0.4) is 0 Å². The molecule has 2 aromatic rings. The maximum absolute atomic E-state index is 13.4. The summed E-state index contributed by atoms with van der Waals surface area (Å²) in [6.07, 6.45) is 2.52. The number of hydrogen-bond acceptors (Lipinski definition) is 6. The van der Waals surface area contributed by atoms with Crippen LogP contribution in [0.15, 0.2) is 53.4 Å². The molecule has 0 unspecified atom stereocenters. The molecule has 2 amide bonds. The first-order valence-electron chi connectivity index (χ1n) is 12.6. The standard InChI is InChI=1S/C27H37N3O6S/c1-4-29-37(33,34)25-14-9-21(10-15-25)11-16-26(31)30(19-22-7-12-23(35-3)13-8-22)20(2)27(32)28-18-24-6-5-17-36-24/h7-10,12-15,20,24,29H,4-6,11,16-19H2,1-3H3,(H,28,32)/t20-,24-/m0/s1. The van der Waals surface area contributed by atoms with Crippen molar-refractivity contribution in [2.24, 2.45) is 0 Å². The molecule has 0 aliphatic carbocycles. The highest BCUT2D eigenvalue weighted by molar-refractivity contribution is 7.89. The van der Waals surface area contributed by atoms with Gasteiger partial charge in [0.05, 0.1) is 18.1 Å². The van der Waals surface area contributed by atoms with E-state index >= 15 is 0 Å². The summed E-state index contributed by atoms with van der Waals surface area (Å²) in [6.45, 7) is 5.17. The topological polar surface area (TPSA) is 114 Å². The average Bonchev–Trinajstić information content (AvgIpc) is 3.43. The third-order valence-electron chi connectivity index (χ3n) is 6.40. The van der Waals surface area contributed by atoms with Crippen LogP contribution in [0, 0.1) is 0 Å². The van der Waals surface area contributed by atoms with E-state index < -0.39 is 16.1 Å². The molecule has 2 N–H and O–H groups in total. The van der Waals surface area contributed by atoms with Crippen molar-refractivity contribution < 1.29 is 27.5 Å². The van der Waals surface area contributed by atoms with Crippen molar-refractivity contribution in [1.82, 2.24) is 14.9 Å². The molecule has 1 saturated heterocycles. The highest BCUT2D eigenvalue weighted by Gasteiger charge is 2.27. The number of hydrogen-bond donors (Lipinski definition) is 2. The summed E-state index contributed by atoms with van der Waals surface area (Å²) in [4.78, 5) is 28.1. The van der Waals surface area contributed by atoms with Crippen molar-refractivity contribution in [2.45, 2.75) is 63.1 Å². The average molecular weight is 532 g/mol.